The van der Waals surface area contributed by atoms with Gasteiger partial charge in [-0.3, -0.25) is 0 Å². The topological polar surface area (TPSA) is 44.0 Å². The van der Waals surface area contributed by atoms with Crippen molar-refractivity contribution in [3.05, 3.63) is 47.0 Å². The number of allylic oxidation sites excluding steroid dienone is 1. The summed E-state index contributed by atoms with van der Waals surface area (Å²) in [5.74, 6) is 0.426. The second-order valence-corrected chi connectivity index (χ2v) is 5.03. The number of aliphatic hydroxyl groups is 1. The van der Waals surface area contributed by atoms with Gasteiger partial charge in [-0.2, -0.15) is 5.26 Å². The van der Waals surface area contributed by atoms with E-state index in [1.807, 2.05) is 30.3 Å². The Morgan fingerprint density at radius 2 is 2.06 bits per heavy atom. The van der Waals surface area contributed by atoms with Crippen LogP contribution in [0.25, 0.3) is 0 Å². The van der Waals surface area contributed by atoms with Gasteiger partial charge >= 0.3 is 0 Å². The van der Waals surface area contributed by atoms with Gasteiger partial charge in [0.2, 0.25) is 0 Å². The molecular weight excluding hydrogens is 210 g/mol. The molecule has 1 fully saturated rings. The zero-order valence-electron chi connectivity index (χ0n) is 9.69. The van der Waals surface area contributed by atoms with Crippen molar-refractivity contribution >= 4 is 0 Å². The molecule has 0 bridgehead atoms. The third kappa shape index (κ3) is 1.43. The van der Waals surface area contributed by atoms with Crippen LogP contribution in [0.1, 0.15) is 31.2 Å². The normalized spacial score (nSPS) is 31.4. The largest absolute Gasteiger partial charge is 0.380 e. The van der Waals surface area contributed by atoms with Gasteiger partial charge in [0.05, 0.1) is 11.6 Å². The van der Waals surface area contributed by atoms with Crippen molar-refractivity contribution in [1.29, 1.82) is 5.26 Å². The fourth-order valence-corrected chi connectivity index (χ4v) is 3.34. The molecular formula is C15H15NO. The van der Waals surface area contributed by atoms with Gasteiger partial charge in [-0.1, -0.05) is 30.3 Å². The minimum absolute atomic E-state index is 0.426. The van der Waals surface area contributed by atoms with E-state index < -0.39 is 5.60 Å². The Kier molecular flexibility index (Phi) is 2.31. The van der Waals surface area contributed by atoms with Crippen molar-refractivity contribution in [1.82, 2.24) is 0 Å². The molecule has 0 heterocycles. The molecule has 0 spiro atoms. The van der Waals surface area contributed by atoms with Crippen LogP contribution in [-0.2, 0) is 5.60 Å². The SMILES string of the molecule is N#CC1=C2CCC[C@H]2C[C@]1(O)c1ccccc1. The molecule has 1 saturated carbocycles. The van der Waals surface area contributed by atoms with Crippen LogP contribution in [0.3, 0.4) is 0 Å². The molecule has 17 heavy (non-hydrogen) atoms. The van der Waals surface area contributed by atoms with Crippen LogP contribution >= 0.6 is 0 Å². The van der Waals surface area contributed by atoms with E-state index in [9.17, 15) is 10.4 Å². The summed E-state index contributed by atoms with van der Waals surface area (Å²) in [6, 6.07) is 11.9. The van der Waals surface area contributed by atoms with Crippen LogP contribution in [0.4, 0.5) is 0 Å². The maximum Gasteiger partial charge on any atom is 0.125 e. The summed E-state index contributed by atoms with van der Waals surface area (Å²) in [5.41, 5.74) is 1.65. The summed E-state index contributed by atoms with van der Waals surface area (Å²) in [7, 11) is 0. The van der Waals surface area contributed by atoms with Crippen molar-refractivity contribution < 1.29 is 5.11 Å². The average Bonchev–Trinajstić information content (AvgIpc) is 2.88. The van der Waals surface area contributed by atoms with Gasteiger partial charge in [0.1, 0.15) is 5.60 Å². The van der Waals surface area contributed by atoms with Crippen molar-refractivity contribution in [2.75, 3.05) is 0 Å². The van der Waals surface area contributed by atoms with E-state index in [1.54, 1.807) is 0 Å². The monoisotopic (exact) mass is 225 g/mol. The van der Waals surface area contributed by atoms with Gasteiger partial charge in [-0.25, -0.2) is 0 Å². The smallest absolute Gasteiger partial charge is 0.125 e. The maximum atomic E-state index is 10.8. The number of benzene rings is 1. The van der Waals surface area contributed by atoms with E-state index in [4.69, 9.17) is 0 Å². The quantitative estimate of drug-likeness (QED) is 0.798. The zero-order chi connectivity index (χ0) is 11.9. The Balaban J connectivity index is 2.11. The van der Waals surface area contributed by atoms with Crippen molar-refractivity contribution in [3.63, 3.8) is 0 Å². The lowest BCUT2D eigenvalue weighted by atomic mass is 9.86. The first-order valence-corrected chi connectivity index (χ1v) is 6.17. The summed E-state index contributed by atoms with van der Waals surface area (Å²) in [6.45, 7) is 0. The lowest BCUT2D eigenvalue weighted by molar-refractivity contribution is 0.0714. The fraction of sp³-hybridized carbons (Fsp3) is 0.400. The summed E-state index contributed by atoms with van der Waals surface area (Å²) in [6.07, 6.45) is 3.96. The first-order chi connectivity index (χ1) is 8.25. The summed E-state index contributed by atoms with van der Waals surface area (Å²) < 4.78 is 0. The number of rotatable bonds is 1. The Morgan fingerprint density at radius 1 is 1.29 bits per heavy atom. The predicted octanol–water partition coefficient (Wildman–Crippen LogP) is 2.90. The van der Waals surface area contributed by atoms with E-state index in [2.05, 4.69) is 6.07 Å². The molecule has 2 atom stereocenters. The van der Waals surface area contributed by atoms with Crippen LogP contribution in [0.2, 0.25) is 0 Å². The van der Waals surface area contributed by atoms with Gasteiger partial charge in [0, 0.05) is 0 Å². The second-order valence-electron chi connectivity index (χ2n) is 5.03. The molecule has 2 aliphatic carbocycles. The molecule has 86 valence electrons. The molecule has 0 radical (unpaired) electrons. The van der Waals surface area contributed by atoms with Crippen LogP contribution in [0, 0.1) is 17.2 Å². The highest BCUT2D eigenvalue weighted by atomic mass is 16.3. The zero-order valence-corrected chi connectivity index (χ0v) is 9.69. The number of nitriles is 1. The molecule has 1 N–H and O–H groups in total. The molecule has 3 rings (SSSR count). The third-order valence-electron chi connectivity index (χ3n) is 4.13. The van der Waals surface area contributed by atoms with E-state index in [1.165, 1.54) is 5.57 Å². The van der Waals surface area contributed by atoms with E-state index in [0.29, 0.717) is 17.9 Å². The molecule has 0 saturated heterocycles. The molecule has 0 aromatic heterocycles. The minimum Gasteiger partial charge on any atom is -0.380 e. The molecule has 2 aliphatic rings. The maximum absolute atomic E-state index is 10.8. The molecule has 0 aliphatic heterocycles. The van der Waals surface area contributed by atoms with Gasteiger partial charge in [-0.15, -0.1) is 0 Å². The van der Waals surface area contributed by atoms with E-state index in [-0.39, 0.29) is 0 Å². The molecule has 0 amide bonds. The summed E-state index contributed by atoms with van der Waals surface area (Å²) in [5, 5.41) is 20.2. The van der Waals surface area contributed by atoms with Crippen molar-refractivity contribution in [3.8, 4) is 6.07 Å². The lowest BCUT2D eigenvalue weighted by Crippen LogP contribution is -2.25. The highest BCUT2D eigenvalue weighted by molar-refractivity contribution is 5.48. The van der Waals surface area contributed by atoms with Gasteiger partial charge in [-0.05, 0) is 42.7 Å². The van der Waals surface area contributed by atoms with Crippen molar-refractivity contribution in [2.24, 2.45) is 5.92 Å². The highest BCUT2D eigenvalue weighted by Crippen LogP contribution is 2.52. The molecule has 2 nitrogen and oxygen atoms in total. The van der Waals surface area contributed by atoms with Gasteiger partial charge < -0.3 is 5.11 Å². The van der Waals surface area contributed by atoms with Crippen LogP contribution < -0.4 is 0 Å². The first-order valence-electron chi connectivity index (χ1n) is 6.17. The van der Waals surface area contributed by atoms with Crippen LogP contribution in [0.15, 0.2) is 41.5 Å². The van der Waals surface area contributed by atoms with Gasteiger partial charge in [0.25, 0.3) is 0 Å². The van der Waals surface area contributed by atoms with E-state index in [0.717, 1.165) is 24.8 Å². The van der Waals surface area contributed by atoms with Crippen LogP contribution in [-0.4, -0.2) is 5.11 Å². The lowest BCUT2D eigenvalue weighted by Gasteiger charge is -2.25. The van der Waals surface area contributed by atoms with Crippen molar-refractivity contribution in [2.45, 2.75) is 31.3 Å². The number of fused-ring (bicyclic) bond motifs is 1. The predicted molar refractivity (Wildman–Crippen MR) is 64.9 cm³/mol. The fourth-order valence-electron chi connectivity index (χ4n) is 3.34. The Bertz CT molecular complexity index is 511. The molecule has 1 aromatic rings. The standard InChI is InChI=1S/C15H15NO/c16-10-14-13-8-4-5-11(13)9-15(14,17)12-6-2-1-3-7-12/h1-3,6-7,11,17H,4-5,8-9H2/t11-,15-/m0/s1. The molecule has 0 unspecified atom stereocenters. The Morgan fingerprint density at radius 3 is 2.76 bits per heavy atom. The molecule has 2 heteroatoms. The minimum atomic E-state index is -1.03. The first kappa shape index (κ1) is 10.6. The summed E-state index contributed by atoms with van der Waals surface area (Å²) in [4.78, 5) is 0. The van der Waals surface area contributed by atoms with E-state index >= 15 is 0 Å². The Labute approximate surface area is 101 Å². The Hall–Kier alpha value is -1.59. The molecule has 1 aromatic carbocycles. The second kappa shape index (κ2) is 3.72. The number of hydrogen-bond acceptors (Lipinski definition) is 2. The third-order valence-corrected chi connectivity index (χ3v) is 4.13. The average molecular weight is 225 g/mol. The summed E-state index contributed by atoms with van der Waals surface area (Å²) >= 11 is 0. The number of nitrogens with zero attached hydrogens (tertiary/aromatic N) is 1. The van der Waals surface area contributed by atoms with Gasteiger partial charge in [0.15, 0.2) is 0 Å². The highest BCUT2D eigenvalue weighted by Gasteiger charge is 2.47. The number of hydrogen-bond donors (Lipinski definition) is 1. The van der Waals surface area contributed by atoms with Crippen LogP contribution in [0.5, 0.6) is 0 Å².